The quantitative estimate of drug-likeness (QED) is 0.280. The van der Waals surface area contributed by atoms with E-state index in [-0.39, 0.29) is 49.2 Å². The number of carbonyl (C=O) groups is 4. The van der Waals surface area contributed by atoms with Gasteiger partial charge in [-0.3, -0.25) is 19.2 Å². The van der Waals surface area contributed by atoms with Gasteiger partial charge in [0.1, 0.15) is 0 Å². The van der Waals surface area contributed by atoms with E-state index in [2.05, 4.69) is 10.3 Å². The molecule has 2 aromatic carbocycles. The van der Waals surface area contributed by atoms with Crippen molar-refractivity contribution < 1.29 is 32.3 Å². The SMILES string of the molecule is CC(C)N(C(=O)[C@H]1C[C@H](CC(=O)NCc2cccc(C(F)(F)F)c2)C(=O)N2CCc3c([nH]c4cc(CCC(=O)N(C)C)ccc34)[C@]12C)C(C)C. The number of nitrogens with one attached hydrogen (secondary N) is 2. The van der Waals surface area contributed by atoms with Gasteiger partial charge in [0.15, 0.2) is 0 Å². The van der Waals surface area contributed by atoms with Crippen molar-refractivity contribution in [1.82, 2.24) is 25.0 Å². The van der Waals surface area contributed by atoms with Crippen LogP contribution in [0.5, 0.6) is 0 Å². The van der Waals surface area contributed by atoms with Gasteiger partial charge in [0.25, 0.3) is 0 Å². The Bertz CT molecular complexity index is 1770. The standard InChI is InChI=1S/C38H48F3N5O4/c1-22(2)46(23(3)4)36(50)30-19-26(20-32(47)42-21-25-9-8-10-27(17-25)38(39,40)41)35(49)45-16-15-29-28-13-11-24(12-14-33(48)44(6)7)18-31(28)43-34(29)37(30,45)5/h8-11,13,17-18,22-23,26,30,43H,12,14-16,19-21H2,1-7H3,(H,42,47)/t26-,30-,37+/m1/s1. The van der Waals surface area contributed by atoms with Gasteiger partial charge in [-0.2, -0.15) is 13.2 Å². The lowest BCUT2D eigenvalue weighted by Crippen LogP contribution is -2.65. The molecular formula is C38H48F3N5O4. The monoisotopic (exact) mass is 695 g/mol. The lowest BCUT2D eigenvalue weighted by atomic mass is 9.67. The number of nitrogens with zero attached hydrogens (tertiary/aromatic N) is 3. The molecular weight excluding hydrogens is 647 g/mol. The highest BCUT2D eigenvalue weighted by Crippen LogP contribution is 2.50. The number of hydrogen-bond donors (Lipinski definition) is 2. The minimum atomic E-state index is -4.50. The molecule has 0 saturated carbocycles. The molecule has 1 aromatic heterocycles. The second kappa shape index (κ2) is 14.1. The van der Waals surface area contributed by atoms with Gasteiger partial charge >= 0.3 is 6.18 Å². The molecule has 5 rings (SSSR count). The van der Waals surface area contributed by atoms with Crippen molar-refractivity contribution in [2.24, 2.45) is 11.8 Å². The maximum Gasteiger partial charge on any atom is 0.416 e. The van der Waals surface area contributed by atoms with Crippen molar-refractivity contribution in [2.45, 2.75) is 97.1 Å². The summed E-state index contributed by atoms with van der Waals surface area (Å²) in [4.78, 5) is 63.1. The van der Waals surface area contributed by atoms with Crippen LogP contribution in [0.1, 0.15) is 81.8 Å². The van der Waals surface area contributed by atoms with E-state index in [4.69, 9.17) is 0 Å². The number of aromatic nitrogens is 1. The van der Waals surface area contributed by atoms with Gasteiger partial charge in [-0.1, -0.05) is 24.3 Å². The molecule has 9 nitrogen and oxygen atoms in total. The fourth-order valence-electron chi connectivity index (χ4n) is 7.90. The third-order valence-electron chi connectivity index (χ3n) is 10.4. The molecule has 0 aliphatic carbocycles. The molecule has 12 heteroatoms. The highest BCUT2D eigenvalue weighted by Gasteiger charge is 2.57. The fraction of sp³-hybridized carbons (Fsp3) is 0.526. The van der Waals surface area contributed by atoms with E-state index in [1.807, 2.05) is 57.7 Å². The zero-order valence-electron chi connectivity index (χ0n) is 29.9. The van der Waals surface area contributed by atoms with E-state index in [9.17, 15) is 32.3 Å². The summed E-state index contributed by atoms with van der Waals surface area (Å²) in [5, 5.41) is 3.71. The van der Waals surface area contributed by atoms with Crippen molar-refractivity contribution in [3.8, 4) is 0 Å². The van der Waals surface area contributed by atoms with E-state index < -0.39 is 35.0 Å². The number of alkyl halides is 3. The number of benzene rings is 2. The summed E-state index contributed by atoms with van der Waals surface area (Å²) in [6.45, 7) is 10.0. The minimum absolute atomic E-state index is 0.0415. The summed E-state index contributed by atoms with van der Waals surface area (Å²) in [6.07, 6.45) is -3.03. The van der Waals surface area contributed by atoms with Crippen molar-refractivity contribution in [3.63, 3.8) is 0 Å². The Morgan fingerprint density at radius 3 is 2.38 bits per heavy atom. The second-order valence-corrected chi connectivity index (χ2v) is 14.6. The molecule has 3 aromatic rings. The summed E-state index contributed by atoms with van der Waals surface area (Å²) in [5.74, 6) is -2.21. The Kier molecular flexibility index (Phi) is 10.4. The van der Waals surface area contributed by atoms with E-state index in [1.165, 1.54) is 12.1 Å². The van der Waals surface area contributed by atoms with Crippen LogP contribution in [0.15, 0.2) is 42.5 Å². The average molecular weight is 696 g/mol. The molecule has 1 fully saturated rings. The molecule has 0 spiro atoms. The molecule has 2 N–H and O–H groups in total. The first-order valence-electron chi connectivity index (χ1n) is 17.3. The van der Waals surface area contributed by atoms with Crippen molar-refractivity contribution in [3.05, 3.63) is 70.4 Å². The average Bonchev–Trinajstić information content (AvgIpc) is 3.42. The third-order valence-corrected chi connectivity index (χ3v) is 10.4. The van der Waals surface area contributed by atoms with Crippen LogP contribution in [0, 0.1) is 11.8 Å². The summed E-state index contributed by atoms with van der Waals surface area (Å²) in [7, 11) is 3.47. The molecule has 0 bridgehead atoms. The van der Waals surface area contributed by atoms with Crippen LogP contribution in [-0.2, 0) is 50.3 Å². The number of carbonyl (C=O) groups excluding carboxylic acids is 4. The highest BCUT2D eigenvalue weighted by molar-refractivity contribution is 5.93. The molecule has 1 saturated heterocycles. The number of piperidine rings is 1. The van der Waals surface area contributed by atoms with Crippen LogP contribution in [0.25, 0.3) is 10.9 Å². The Balaban J connectivity index is 1.46. The number of fused-ring (bicyclic) bond motifs is 5. The van der Waals surface area contributed by atoms with Crippen molar-refractivity contribution in [2.75, 3.05) is 20.6 Å². The van der Waals surface area contributed by atoms with E-state index in [1.54, 1.807) is 23.9 Å². The first-order chi connectivity index (χ1) is 23.4. The van der Waals surface area contributed by atoms with Gasteiger partial charge < -0.3 is 25.0 Å². The fourth-order valence-corrected chi connectivity index (χ4v) is 7.90. The zero-order valence-corrected chi connectivity index (χ0v) is 29.9. The van der Waals surface area contributed by atoms with Crippen LogP contribution < -0.4 is 5.32 Å². The number of aromatic amines is 1. The summed E-state index contributed by atoms with van der Waals surface area (Å²) >= 11 is 0. The number of halogens is 3. The predicted molar refractivity (Wildman–Crippen MR) is 185 cm³/mol. The first kappa shape index (κ1) is 36.9. The maximum atomic E-state index is 14.6. The van der Waals surface area contributed by atoms with Gasteiger partial charge in [0, 0.05) is 74.6 Å². The Morgan fingerprint density at radius 1 is 1.04 bits per heavy atom. The van der Waals surface area contributed by atoms with Crippen LogP contribution in [0.4, 0.5) is 13.2 Å². The smallest absolute Gasteiger partial charge is 0.356 e. The summed E-state index contributed by atoms with van der Waals surface area (Å²) < 4.78 is 39.7. The summed E-state index contributed by atoms with van der Waals surface area (Å²) in [6, 6.07) is 10.7. The lowest BCUT2D eigenvalue weighted by Gasteiger charge is -2.54. The van der Waals surface area contributed by atoms with Crippen molar-refractivity contribution in [1.29, 1.82) is 0 Å². The second-order valence-electron chi connectivity index (χ2n) is 14.6. The molecule has 2 aliphatic rings. The topological polar surface area (TPSA) is 106 Å². The third kappa shape index (κ3) is 7.11. The van der Waals surface area contributed by atoms with Crippen LogP contribution in [-0.4, -0.2) is 76.0 Å². The van der Waals surface area contributed by atoms with Crippen LogP contribution in [0.3, 0.4) is 0 Å². The number of aryl methyl sites for hydroxylation is 1. The van der Waals surface area contributed by atoms with E-state index in [0.29, 0.717) is 31.4 Å². The maximum absolute atomic E-state index is 14.6. The molecule has 3 atom stereocenters. The van der Waals surface area contributed by atoms with Gasteiger partial charge in [-0.25, -0.2) is 0 Å². The highest BCUT2D eigenvalue weighted by atomic mass is 19.4. The van der Waals surface area contributed by atoms with Gasteiger partial charge in [0.05, 0.1) is 17.0 Å². The minimum Gasteiger partial charge on any atom is -0.356 e. The lowest BCUT2D eigenvalue weighted by molar-refractivity contribution is -0.166. The number of H-pyrrole nitrogens is 1. The van der Waals surface area contributed by atoms with Crippen molar-refractivity contribution >= 4 is 34.5 Å². The predicted octanol–water partition coefficient (Wildman–Crippen LogP) is 5.80. The Labute approximate surface area is 291 Å². The number of hydrogen-bond acceptors (Lipinski definition) is 4. The molecule has 0 radical (unpaired) electrons. The largest absolute Gasteiger partial charge is 0.416 e. The van der Waals surface area contributed by atoms with Crippen LogP contribution in [0.2, 0.25) is 0 Å². The first-order valence-corrected chi connectivity index (χ1v) is 17.3. The zero-order chi connectivity index (χ0) is 36.7. The van der Waals surface area contributed by atoms with Crippen LogP contribution >= 0.6 is 0 Å². The molecule has 0 unspecified atom stereocenters. The van der Waals surface area contributed by atoms with Gasteiger partial charge in [0.2, 0.25) is 23.6 Å². The van der Waals surface area contributed by atoms with Gasteiger partial charge in [-0.15, -0.1) is 0 Å². The summed E-state index contributed by atoms with van der Waals surface area (Å²) in [5.41, 5.74) is 2.22. The van der Waals surface area contributed by atoms with E-state index >= 15 is 0 Å². The molecule has 4 amide bonds. The molecule has 270 valence electrons. The van der Waals surface area contributed by atoms with Gasteiger partial charge in [-0.05, 0) is 88.8 Å². The molecule has 2 aliphatic heterocycles. The molecule has 50 heavy (non-hydrogen) atoms. The Morgan fingerprint density at radius 2 is 1.74 bits per heavy atom. The number of amides is 4. The molecule has 3 heterocycles. The van der Waals surface area contributed by atoms with E-state index in [0.717, 1.165) is 39.9 Å². The Hall–Kier alpha value is -4.35. The normalized spacial score (nSPS) is 20.6. The number of rotatable bonds is 10.